The molecule has 2 aromatic rings. The summed E-state index contributed by atoms with van der Waals surface area (Å²) in [6.45, 7) is 2.66. The van der Waals surface area contributed by atoms with E-state index in [1.165, 1.54) is 0 Å². The number of rotatable bonds is 9. The van der Waals surface area contributed by atoms with Crippen molar-refractivity contribution in [2.24, 2.45) is 0 Å². The SMILES string of the molecule is CCNC(=O)COc1ccc(NC(=O)NCc2cc(OC)cc(OC)c2)cc1. The van der Waals surface area contributed by atoms with Gasteiger partial charge in [-0.1, -0.05) is 0 Å². The second-order valence-electron chi connectivity index (χ2n) is 5.80. The van der Waals surface area contributed by atoms with Gasteiger partial charge in [0.15, 0.2) is 6.61 Å². The molecular formula is C20H25N3O5. The van der Waals surface area contributed by atoms with Gasteiger partial charge in [-0.05, 0) is 48.9 Å². The second-order valence-corrected chi connectivity index (χ2v) is 5.80. The lowest BCUT2D eigenvalue weighted by Crippen LogP contribution is -2.28. The minimum Gasteiger partial charge on any atom is -0.497 e. The van der Waals surface area contributed by atoms with Crippen LogP contribution in [0.25, 0.3) is 0 Å². The number of likely N-dealkylation sites (N-methyl/N-ethyl adjacent to an activating group) is 1. The van der Waals surface area contributed by atoms with Gasteiger partial charge < -0.3 is 30.2 Å². The van der Waals surface area contributed by atoms with Crippen LogP contribution in [0, 0.1) is 0 Å². The number of anilines is 1. The van der Waals surface area contributed by atoms with E-state index in [1.807, 2.05) is 19.1 Å². The number of amides is 3. The van der Waals surface area contributed by atoms with Crippen molar-refractivity contribution < 1.29 is 23.8 Å². The van der Waals surface area contributed by atoms with Crippen molar-refractivity contribution in [3.05, 3.63) is 48.0 Å². The third-order valence-corrected chi connectivity index (χ3v) is 3.72. The van der Waals surface area contributed by atoms with E-state index >= 15 is 0 Å². The first kappa shape index (κ1) is 20.9. The number of benzene rings is 2. The van der Waals surface area contributed by atoms with Crippen LogP contribution in [0.2, 0.25) is 0 Å². The van der Waals surface area contributed by atoms with Crippen LogP contribution in [0.15, 0.2) is 42.5 Å². The molecule has 2 aromatic carbocycles. The first-order valence-corrected chi connectivity index (χ1v) is 8.80. The van der Waals surface area contributed by atoms with Crippen molar-refractivity contribution in [3.8, 4) is 17.2 Å². The Balaban J connectivity index is 1.83. The zero-order chi connectivity index (χ0) is 20.4. The van der Waals surface area contributed by atoms with E-state index < -0.39 is 0 Å². The molecule has 0 heterocycles. The Morgan fingerprint density at radius 3 is 2.11 bits per heavy atom. The average Bonchev–Trinajstić information content (AvgIpc) is 2.71. The number of carbonyl (C=O) groups excluding carboxylic acids is 2. The van der Waals surface area contributed by atoms with E-state index in [4.69, 9.17) is 14.2 Å². The summed E-state index contributed by atoms with van der Waals surface area (Å²) in [6, 6.07) is 11.8. The number of ether oxygens (including phenoxy) is 3. The van der Waals surface area contributed by atoms with Crippen molar-refractivity contribution in [2.75, 3.05) is 32.7 Å². The number of hydrogen-bond acceptors (Lipinski definition) is 5. The Bertz CT molecular complexity index is 771. The normalized spacial score (nSPS) is 9.96. The van der Waals surface area contributed by atoms with Gasteiger partial charge in [0.05, 0.1) is 14.2 Å². The van der Waals surface area contributed by atoms with E-state index in [0.29, 0.717) is 36.0 Å². The van der Waals surface area contributed by atoms with Crippen molar-refractivity contribution in [2.45, 2.75) is 13.5 Å². The molecule has 2 rings (SSSR count). The molecule has 0 bridgehead atoms. The van der Waals surface area contributed by atoms with Crippen molar-refractivity contribution >= 4 is 17.6 Å². The molecule has 0 aliphatic carbocycles. The summed E-state index contributed by atoms with van der Waals surface area (Å²) in [5, 5.41) is 8.16. The zero-order valence-corrected chi connectivity index (χ0v) is 16.2. The molecule has 0 saturated heterocycles. The summed E-state index contributed by atoms with van der Waals surface area (Å²) in [5.74, 6) is 1.67. The van der Waals surface area contributed by atoms with Crippen molar-refractivity contribution in [3.63, 3.8) is 0 Å². The van der Waals surface area contributed by atoms with Crippen LogP contribution < -0.4 is 30.2 Å². The highest BCUT2D eigenvalue weighted by Gasteiger charge is 2.06. The molecule has 150 valence electrons. The number of hydrogen-bond donors (Lipinski definition) is 3. The largest absolute Gasteiger partial charge is 0.497 e. The Morgan fingerprint density at radius 2 is 1.54 bits per heavy atom. The summed E-state index contributed by atoms with van der Waals surface area (Å²) in [7, 11) is 3.14. The maximum atomic E-state index is 12.1. The lowest BCUT2D eigenvalue weighted by Gasteiger charge is -2.11. The Kier molecular flexibility index (Phi) is 7.95. The third-order valence-electron chi connectivity index (χ3n) is 3.72. The summed E-state index contributed by atoms with van der Waals surface area (Å²) >= 11 is 0. The van der Waals surface area contributed by atoms with E-state index in [-0.39, 0.29) is 18.5 Å². The highest BCUT2D eigenvalue weighted by Crippen LogP contribution is 2.22. The molecule has 0 aliphatic rings. The molecule has 0 aliphatic heterocycles. The molecule has 3 N–H and O–H groups in total. The Morgan fingerprint density at radius 1 is 0.893 bits per heavy atom. The summed E-state index contributed by atoms with van der Waals surface area (Å²) < 4.78 is 15.8. The number of nitrogens with one attached hydrogen (secondary N) is 3. The topological polar surface area (TPSA) is 97.9 Å². The molecule has 0 fully saturated rings. The molecule has 8 heteroatoms. The molecule has 8 nitrogen and oxygen atoms in total. The van der Waals surface area contributed by atoms with Crippen LogP contribution in [0.3, 0.4) is 0 Å². The van der Waals surface area contributed by atoms with Crippen LogP contribution in [0.1, 0.15) is 12.5 Å². The van der Waals surface area contributed by atoms with Gasteiger partial charge in [-0.3, -0.25) is 4.79 Å². The molecule has 0 saturated carbocycles. The maximum Gasteiger partial charge on any atom is 0.319 e. The van der Waals surface area contributed by atoms with Crippen molar-refractivity contribution in [1.29, 1.82) is 0 Å². The van der Waals surface area contributed by atoms with Crippen LogP contribution in [-0.2, 0) is 11.3 Å². The minimum atomic E-state index is -0.349. The molecule has 0 radical (unpaired) electrons. The standard InChI is InChI=1S/C20H25N3O5/c1-4-21-19(24)13-28-16-7-5-15(6-8-16)23-20(25)22-12-14-9-17(26-2)11-18(10-14)27-3/h5-11H,4,12-13H2,1-3H3,(H,21,24)(H2,22,23,25). The van der Waals surface area contributed by atoms with Gasteiger partial charge in [-0.15, -0.1) is 0 Å². The molecule has 0 aromatic heterocycles. The lowest BCUT2D eigenvalue weighted by molar-refractivity contribution is -0.122. The number of methoxy groups -OCH3 is 2. The van der Waals surface area contributed by atoms with E-state index in [1.54, 1.807) is 44.6 Å². The highest BCUT2D eigenvalue weighted by atomic mass is 16.5. The summed E-state index contributed by atoms with van der Waals surface area (Å²) in [4.78, 5) is 23.5. The van der Waals surface area contributed by atoms with E-state index in [0.717, 1.165) is 5.56 Å². The highest BCUT2D eigenvalue weighted by molar-refractivity contribution is 5.89. The van der Waals surface area contributed by atoms with Gasteiger partial charge in [0.1, 0.15) is 17.2 Å². The Hall–Kier alpha value is -3.42. The van der Waals surface area contributed by atoms with Gasteiger partial charge in [-0.2, -0.15) is 0 Å². The number of carbonyl (C=O) groups is 2. The molecule has 3 amide bonds. The average molecular weight is 387 g/mol. The van der Waals surface area contributed by atoms with Crippen LogP contribution in [-0.4, -0.2) is 39.3 Å². The van der Waals surface area contributed by atoms with Gasteiger partial charge in [0.2, 0.25) is 0 Å². The van der Waals surface area contributed by atoms with Gasteiger partial charge in [-0.25, -0.2) is 4.79 Å². The first-order chi connectivity index (χ1) is 13.5. The fourth-order valence-corrected chi connectivity index (χ4v) is 2.36. The zero-order valence-electron chi connectivity index (χ0n) is 16.2. The maximum absolute atomic E-state index is 12.1. The fraction of sp³-hybridized carbons (Fsp3) is 0.300. The molecule has 0 spiro atoms. The first-order valence-electron chi connectivity index (χ1n) is 8.80. The number of urea groups is 1. The summed E-state index contributed by atoms with van der Waals surface area (Å²) in [5.41, 5.74) is 1.45. The van der Waals surface area contributed by atoms with Crippen LogP contribution in [0.4, 0.5) is 10.5 Å². The van der Waals surface area contributed by atoms with E-state index in [2.05, 4.69) is 16.0 Å². The van der Waals surface area contributed by atoms with Crippen molar-refractivity contribution in [1.82, 2.24) is 10.6 Å². The molecular weight excluding hydrogens is 362 g/mol. The van der Waals surface area contributed by atoms with Gasteiger partial charge in [0.25, 0.3) is 5.91 Å². The van der Waals surface area contributed by atoms with Crippen LogP contribution in [0.5, 0.6) is 17.2 Å². The molecule has 0 atom stereocenters. The second kappa shape index (κ2) is 10.7. The monoisotopic (exact) mass is 387 g/mol. The quantitative estimate of drug-likeness (QED) is 0.614. The molecule has 28 heavy (non-hydrogen) atoms. The smallest absolute Gasteiger partial charge is 0.319 e. The summed E-state index contributed by atoms with van der Waals surface area (Å²) in [6.07, 6.45) is 0. The van der Waals surface area contributed by atoms with Gasteiger partial charge >= 0.3 is 6.03 Å². The lowest BCUT2D eigenvalue weighted by atomic mass is 10.2. The van der Waals surface area contributed by atoms with Gasteiger partial charge in [0, 0.05) is 24.8 Å². The third kappa shape index (κ3) is 6.71. The minimum absolute atomic E-state index is 0.0505. The molecule has 0 unspecified atom stereocenters. The van der Waals surface area contributed by atoms with Crippen LogP contribution >= 0.6 is 0 Å². The predicted molar refractivity (Wildman–Crippen MR) is 106 cm³/mol. The predicted octanol–water partition coefficient (Wildman–Crippen LogP) is 2.54. The fourth-order valence-electron chi connectivity index (χ4n) is 2.36. The van der Waals surface area contributed by atoms with E-state index in [9.17, 15) is 9.59 Å². The Labute approximate surface area is 164 Å².